The molecule has 9 rings (SSSR count). The lowest BCUT2D eigenvalue weighted by Gasteiger charge is -2.15. The van der Waals surface area contributed by atoms with Crippen molar-refractivity contribution in [1.82, 2.24) is 19.9 Å². The van der Waals surface area contributed by atoms with Gasteiger partial charge in [-0.3, -0.25) is 4.98 Å². The predicted molar refractivity (Wildman–Crippen MR) is 205 cm³/mol. The summed E-state index contributed by atoms with van der Waals surface area (Å²) < 4.78 is 0. The van der Waals surface area contributed by atoms with E-state index in [1.165, 1.54) is 5.39 Å². The van der Waals surface area contributed by atoms with Crippen molar-refractivity contribution in [2.45, 2.75) is 0 Å². The SMILES string of the molecule is c1ccc(-c2cc(-c3ccc(-c4ccc5nc(-c6ccccc6)c6cccc(-c7cccnc7)c6c5c4)cc3)nc(-c3ccccc3)n2)cc1. The molecular formula is C46H30N4. The Kier molecular flexibility index (Phi) is 7.45. The first-order chi connectivity index (χ1) is 24.8. The third-order valence-electron chi connectivity index (χ3n) is 9.18. The summed E-state index contributed by atoms with van der Waals surface area (Å²) >= 11 is 0. The van der Waals surface area contributed by atoms with Crippen molar-refractivity contribution in [2.24, 2.45) is 0 Å². The Bertz CT molecular complexity index is 2550. The van der Waals surface area contributed by atoms with Crippen LogP contribution < -0.4 is 0 Å². The van der Waals surface area contributed by atoms with Crippen LogP contribution >= 0.6 is 0 Å². The Balaban J connectivity index is 1.17. The summed E-state index contributed by atoms with van der Waals surface area (Å²) in [5.74, 6) is 0.708. The summed E-state index contributed by atoms with van der Waals surface area (Å²) in [6.45, 7) is 0. The number of hydrogen-bond acceptors (Lipinski definition) is 4. The average molecular weight is 639 g/mol. The van der Waals surface area contributed by atoms with E-state index in [4.69, 9.17) is 15.0 Å². The average Bonchev–Trinajstić information content (AvgIpc) is 3.21. The van der Waals surface area contributed by atoms with Crippen LogP contribution in [-0.4, -0.2) is 19.9 Å². The second-order valence-corrected chi connectivity index (χ2v) is 12.3. The molecule has 234 valence electrons. The number of pyridine rings is 2. The maximum absolute atomic E-state index is 5.23. The van der Waals surface area contributed by atoms with Crippen LogP contribution in [0.3, 0.4) is 0 Å². The third-order valence-corrected chi connectivity index (χ3v) is 9.18. The van der Waals surface area contributed by atoms with E-state index in [1.54, 1.807) is 0 Å². The monoisotopic (exact) mass is 638 g/mol. The molecule has 0 unspecified atom stereocenters. The number of benzene rings is 6. The van der Waals surface area contributed by atoms with Crippen molar-refractivity contribution in [3.63, 3.8) is 0 Å². The fourth-order valence-corrected chi connectivity index (χ4v) is 6.71. The van der Waals surface area contributed by atoms with Crippen LogP contribution in [-0.2, 0) is 0 Å². The highest BCUT2D eigenvalue weighted by Gasteiger charge is 2.16. The highest BCUT2D eigenvalue weighted by atomic mass is 14.9. The maximum Gasteiger partial charge on any atom is 0.160 e. The molecular weight excluding hydrogens is 609 g/mol. The molecule has 0 aliphatic rings. The van der Waals surface area contributed by atoms with Gasteiger partial charge in [0, 0.05) is 56.4 Å². The van der Waals surface area contributed by atoms with E-state index >= 15 is 0 Å². The fourth-order valence-electron chi connectivity index (χ4n) is 6.71. The Morgan fingerprint density at radius 2 is 0.960 bits per heavy atom. The molecule has 4 nitrogen and oxygen atoms in total. The normalized spacial score (nSPS) is 11.2. The minimum atomic E-state index is 0.708. The van der Waals surface area contributed by atoms with Crippen molar-refractivity contribution >= 4 is 21.7 Å². The first kappa shape index (κ1) is 29.4. The van der Waals surface area contributed by atoms with E-state index in [0.717, 1.165) is 77.9 Å². The molecule has 0 fully saturated rings. The number of hydrogen-bond donors (Lipinski definition) is 0. The molecule has 0 N–H and O–H groups in total. The maximum atomic E-state index is 5.23. The second kappa shape index (κ2) is 12.7. The van der Waals surface area contributed by atoms with Gasteiger partial charge in [-0.1, -0.05) is 146 Å². The molecule has 9 aromatic rings. The highest BCUT2D eigenvalue weighted by Crippen LogP contribution is 2.40. The van der Waals surface area contributed by atoms with Crippen LogP contribution in [0.5, 0.6) is 0 Å². The summed E-state index contributed by atoms with van der Waals surface area (Å²) in [6.07, 6.45) is 3.75. The smallest absolute Gasteiger partial charge is 0.160 e. The molecule has 0 atom stereocenters. The van der Waals surface area contributed by atoms with Gasteiger partial charge < -0.3 is 0 Å². The molecule has 50 heavy (non-hydrogen) atoms. The standard InChI is InChI=1S/C46H30N4/c1-4-12-32(13-5-1)42-29-43(50-46(49-42)35-16-8-3-9-17-35)33-23-21-31(22-24-33)36-25-26-41-40(28-36)44-38(37-18-11-27-47-30-37)19-10-20-39(44)45(48-41)34-14-6-2-7-15-34/h1-30H. The number of rotatable bonds is 6. The zero-order valence-corrected chi connectivity index (χ0v) is 27.1. The first-order valence-electron chi connectivity index (χ1n) is 16.7. The van der Waals surface area contributed by atoms with E-state index in [1.807, 2.05) is 60.9 Å². The van der Waals surface area contributed by atoms with Crippen molar-refractivity contribution < 1.29 is 0 Å². The molecule has 3 heterocycles. The molecule has 3 aromatic heterocycles. The molecule has 0 aliphatic carbocycles. The molecule has 0 aliphatic heterocycles. The Morgan fingerprint density at radius 1 is 0.360 bits per heavy atom. The summed E-state index contributed by atoms with van der Waals surface area (Å²) in [7, 11) is 0. The van der Waals surface area contributed by atoms with E-state index in [0.29, 0.717) is 5.82 Å². The van der Waals surface area contributed by atoms with Gasteiger partial charge >= 0.3 is 0 Å². The quantitative estimate of drug-likeness (QED) is 0.170. The third kappa shape index (κ3) is 5.49. The minimum Gasteiger partial charge on any atom is -0.264 e. The largest absolute Gasteiger partial charge is 0.264 e. The summed E-state index contributed by atoms with van der Waals surface area (Å²) in [5, 5.41) is 3.40. The molecule has 4 heteroatoms. The van der Waals surface area contributed by atoms with Crippen LogP contribution in [0, 0.1) is 0 Å². The molecule has 0 spiro atoms. The first-order valence-corrected chi connectivity index (χ1v) is 16.7. The second-order valence-electron chi connectivity index (χ2n) is 12.3. The van der Waals surface area contributed by atoms with Gasteiger partial charge in [0.05, 0.1) is 22.6 Å². The van der Waals surface area contributed by atoms with Gasteiger partial charge in [-0.15, -0.1) is 0 Å². The van der Waals surface area contributed by atoms with Gasteiger partial charge in [0.15, 0.2) is 5.82 Å². The Hall–Kier alpha value is -6.78. The van der Waals surface area contributed by atoms with Crippen LogP contribution in [0.4, 0.5) is 0 Å². The molecule has 0 saturated carbocycles. The zero-order valence-electron chi connectivity index (χ0n) is 27.1. The molecule has 0 bridgehead atoms. The van der Waals surface area contributed by atoms with Crippen LogP contribution in [0.25, 0.3) is 89.1 Å². The molecule has 0 saturated heterocycles. The van der Waals surface area contributed by atoms with E-state index in [2.05, 4.69) is 126 Å². The number of aromatic nitrogens is 4. The van der Waals surface area contributed by atoms with Gasteiger partial charge in [0.1, 0.15) is 0 Å². The summed E-state index contributed by atoms with van der Waals surface area (Å²) in [4.78, 5) is 19.7. The van der Waals surface area contributed by atoms with Crippen molar-refractivity contribution in [3.8, 4) is 67.4 Å². The van der Waals surface area contributed by atoms with Gasteiger partial charge in [-0.2, -0.15) is 0 Å². The van der Waals surface area contributed by atoms with Crippen molar-refractivity contribution in [3.05, 3.63) is 182 Å². The van der Waals surface area contributed by atoms with Gasteiger partial charge in [0.2, 0.25) is 0 Å². The van der Waals surface area contributed by atoms with Crippen LogP contribution in [0.15, 0.2) is 182 Å². The van der Waals surface area contributed by atoms with Crippen molar-refractivity contribution in [1.29, 1.82) is 0 Å². The fraction of sp³-hybridized carbons (Fsp3) is 0. The van der Waals surface area contributed by atoms with Gasteiger partial charge in [0.25, 0.3) is 0 Å². The Morgan fingerprint density at radius 3 is 1.64 bits per heavy atom. The zero-order chi connectivity index (χ0) is 33.3. The van der Waals surface area contributed by atoms with E-state index in [9.17, 15) is 0 Å². The summed E-state index contributed by atoms with van der Waals surface area (Å²) in [5.41, 5.74) is 12.3. The number of nitrogens with zero attached hydrogens (tertiary/aromatic N) is 4. The molecule has 0 radical (unpaired) electrons. The van der Waals surface area contributed by atoms with Gasteiger partial charge in [-0.25, -0.2) is 15.0 Å². The van der Waals surface area contributed by atoms with Crippen molar-refractivity contribution in [2.75, 3.05) is 0 Å². The van der Waals surface area contributed by atoms with Crippen LogP contribution in [0.1, 0.15) is 0 Å². The topological polar surface area (TPSA) is 51.6 Å². The predicted octanol–water partition coefficient (Wildman–Crippen LogP) is 11.6. The van der Waals surface area contributed by atoms with E-state index < -0.39 is 0 Å². The summed E-state index contributed by atoms with van der Waals surface area (Å²) in [6, 6.07) is 58.8. The van der Waals surface area contributed by atoms with E-state index in [-0.39, 0.29) is 0 Å². The minimum absolute atomic E-state index is 0.708. The van der Waals surface area contributed by atoms with Gasteiger partial charge in [-0.05, 0) is 41.0 Å². The Labute approximate surface area is 290 Å². The lowest BCUT2D eigenvalue weighted by atomic mass is 9.92. The molecule has 0 amide bonds. The molecule has 6 aromatic carbocycles. The lowest BCUT2D eigenvalue weighted by molar-refractivity contribution is 1.18. The lowest BCUT2D eigenvalue weighted by Crippen LogP contribution is -1.95. The highest BCUT2D eigenvalue weighted by molar-refractivity contribution is 6.17. The number of fused-ring (bicyclic) bond motifs is 3. The van der Waals surface area contributed by atoms with Crippen LogP contribution in [0.2, 0.25) is 0 Å².